The Hall–Kier alpha value is -2.51. The van der Waals surface area contributed by atoms with Gasteiger partial charge in [0.1, 0.15) is 0 Å². The predicted molar refractivity (Wildman–Crippen MR) is 118 cm³/mol. The lowest BCUT2D eigenvalue weighted by atomic mass is 9.97. The number of piperazine rings is 1. The molecule has 6 nitrogen and oxygen atoms in total. The summed E-state index contributed by atoms with van der Waals surface area (Å²) in [6, 6.07) is 13.1. The van der Waals surface area contributed by atoms with E-state index in [1.807, 2.05) is 36.4 Å². The van der Waals surface area contributed by atoms with Gasteiger partial charge in [-0.05, 0) is 44.2 Å². The predicted octanol–water partition coefficient (Wildman–Crippen LogP) is 3.09. The highest BCUT2D eigenvalue weighted by molar-refractivity contribution is 7.91. The summed E-state index contributed by atoms with van der Waals surface area (Å²) in [5, 5.41) is 1.86. The maximum atomic E-state index is 13.9. The van der Waals surface area contributed by atoms with Crippen LogP contribution in [0.3, 0.4) is 0 Å². The number of aromatic nitrogens is 2. The lowest BCUT2D eigenvalue weighted by Gasteiger charge is -2.33. The van der Waals surface area contributed by atoms with Crippen molar-refractivity contribution in [1.29, 1.82) is 0 Å². The van der Waals surface area contributed by atoms with Gasteiger partial charge < -0.3 is 9.80 Å². The van der Waals surface area contributed by atoms with Gasteiger partial charge in [-0.25, -0.2) is 18.4 Å². The van der Waals surface area contributed by atoms with E-state index in [2.05, 4.69) is 16.8 Å². The molecule has 1 aliphatic heterocycles. The second kappa shape index (κ2) is 7.63. The fraction of sp³-hybridized carbons (Fsp3) is 0.391. The SMILES string of the molecule is CN1CCN(c2nc3c(c(S(=O)(=O)c4cccc5ccccc45)n2)CCCC3)CC1. The van der Waals surface area contributed by atoms with Gasteiger partial charge in [0, 0.05) is 37.1 Å². The summed E-state index contributed by atoms with van der Waals surface area (Å²) in [4.78, 5) is 14.2. The molecule has 2 aromatic carbocycles. The van der Waals surface area contributed by atoms with Crippen LogP contribution in [0.4, 0.5) is 5.95 Å². The molecule has 0 radical (unpaired) electrons. The summed E-state index contributed by atoms with van der Waals surface area (Å²) >= 11 is 0. The van der Waals surface area contributed by atoms with Crippen LogP contribution in [0.2, 0.25) is 0 Å². The Morgan fingerprint density at radius 1 is 0.867 bits per heavy atom. The first-order valence-electron chi connectivity index (χ1n) is 10.6. The number of rotatable bonds is 3. The van der Waals surface area contributed by atoms with Crippen LogP contribution in [0.25, 0.3) is 10.8 Å². The zero-order valence-corrected chi connectivity index (χ0v) is 18.0. The van der Waals surface area contributed by atoms with Crippen molar-refractivity contribution < 1.29 is 8.42 Å². The summed E-state index contributed by atoms with van der Waals surface area (Å²) in [6.07, 6.45) is 3.55. The zero-order valence-electron chi connectivity index (χ0n) is 17.2. The third-order valence-electron chi connectivity index (χ3n) is 6.21. The molecule has 156 valence electrons. The number of benzene rings is 2. The van der Waals surface area contributed by atoms with Crippen molar-refractivity contribution >= 4 is 26.6 Å². The fourth-order valence-electron chi connectivity index (χ4n) is 4.45. The second-order valence-corrected chi connectivity index (χ2v) is 10.1. The molecule has 0 atom stereocenters. The first kappa shape index (κ1) is 19.5. The van der Waals surface area contributed by atoms with E-state index in [9.17, 15) is 8.42 Å². The van der Waals surface area contributed by atoms with Crippen LogP contribution in [0.1, 0.15) is 24.1 Å². The molecule has 0 amide bonds. The molecule has 1 saturated heterocycles. The summed E-state index contributed by atoms with van der Waals surface area (Å²) in [5.41, 5.74) is 1.72. The van der Waals surface area contributed by atoms with Gasteiger partial charge in [0.25, 0.3) is 0 Å². The zero-order chi connectivity index (χ0) is 20.7. The summed E-state index contributed by atoms with van der Waals surface area (Å²) in [7, 11) is -1.67. The van der Waals surface area contributed by atoms with Crippen LogP contribution in [-0.4, -0.2) is 56.5 Å². The monoisotopic (exact) mass is 422 g/mol. The van der Waals surface area contributed by atoms with Gasteiger partial charge in [0.2, 0.25) is 15.8 Å². The lowest BCUT2D eigenvalue weighted by molar-refractivity contribution is 0.310. The highest BCUT2D eigenvalue weighted by Crippen LogP contribution is 2.33. The van der Waals surface area contributed by atoms with Gasteiger partial charge in [-0.2, -0.15) is 0 Å². The molecule has 0 saturated carbocycles. The average molecular weight is 423 g/mol. The molecule has 1 aromatic heterocycles. The van der Waals surface area contributed by atoms with Crippen LogP contribution >= 0.6 is 0 Å². The number of nitrogens with zero attached hydrogens (tertiary/aromatic N) is 4. The number of sulfone groups is 1. The Bertz CT molecular complexity index is 1200. The van der Waals surface area contributed by atoms with Crippen LogP contribution in [0.15, 0.2) is 52.4 Å². The van der Waals surface area contributed by atoms with E-state index in [0.29, 0.717) is 10.8 Å². The minimum Gasteiger partial charge on any atom is -0.338 e. The number of likely N-dealkylation sites (N-methyl/N-ethyl adjacent to an activating group) is 1. The van der Waals surface area contributed by atoms with Crippen molar-refractivity contribution in [1.82, 2.24) is 14.9 Å². The lowest BCUT2D eigenvalue weighted by Crippen LogP contribution is -2.45. The van der Waals surface area contributed by atoms with Crippen molar-refractivity contribution in [2.45, 2.75) is 35.6 Å². The van der Waals surface area contributed by atoms with Crippen molar-refractivity contribution in [3.05, 3.63) is 53.7 Å². The normalized spacial score (nSPS) is 17.8. The smallest absolute Gasteiger partial charge is 0.226 e. The molecule has 2 heterocycles. The summed E-state index contributed by atoms with van der Waals surface area (Å²) in [5.74, 6) is 0.558. The molecule has 0 spiro atoms. The molecule has 1 fully saturated rings. The third-order valence-corrected chi connectivity index (χ3v) is 7.99. The summed E-state index contributed by atoms with van der Waals surface area (Å²) in [6.45, 7) is 3.46. The topological polar surface area (TPSA) is 66.4 Å². The molecular formula is C23H26N4O2S. The van der Waals surface area contributed by atoms with E-state index in [4.69, 9.17) is 9.97 Å². The highest BCUT2D eigenvalue weighted by Gasteiger charge is 2.31. The van der Waals surface area contributed by atoms with Gasteiger partial charge >= 0.3 is 0 Å². The Morgan fingerprint density at radius 3 is 2.43 bits per heavy atom. The van der Waals surface area contributed by atoms with E-state index >= 15 is 0 Å². The molecule has 5 rings (SSSR count). The quantitative estimate of drug-likeness (QED) is 0.605. The molecule has 3 aromatic rings. The minimum absolute atomic E-state index is 0.206. The fourth-order valence-corrected chi connectivity index (χ4v) is 6.14. The largest absolute Gasteiger partial charge is 0.338 e. The molecule has 0 N–H and O–H groups in total. The maximum Gasteiger partial charge on any atom is 0.226 e. The number of hydrogen-bond donors (Lipinski definition) is 0. The van der Waals surface area contributed by atoms with Gasteiger partial charge in [0.15, 0.2) is 5.03 Å². The second-order valence-electron chi connectivity index (χ2n) is 8.23. The van der Waals surface area contributed by atoms with E-state index < -0.39 is 9.84 Å². The van der Waals surface area contributed by atoms with Crippen molar-refractivity contribution in [2.75, 3.05) is 38.1 Å². The molecule has 2 aliphatic rings. The molecule has 0 unspecified atom stereocenters. The minimum atomic E-state index is -3.77. The molecule has 30 heavy (non-hydrogen) atoms. The maximum absolute atomic E-state index is 13.9. The van der Waals surface area contributed by atoms with E-state index in [0.717, 1.165) is 73.9 Å². The van der Waals surface area contributed by atoms with Crippen LogP contribution in [0, 0.1) is 0 Å². The van der Waals surface area contributed by atoms with Gasteiger partial charge in [-0.3, -0.25) is 0 Å². The Labute approximate surface area is 177 Å². The first-order valence-corrected chi connectivity index (χ1v) is 12.1. The van der Waals surface area contributed by atoms with Gasteiger partial charge in [-0.15, -0.1) is 0 Å². The third kappa shape index (κ3) is 3.36. The number of anilines is 1. The average Bonchev–Trinajstić information content (AvgIpc) is 2.78. The molecule has 7 heteroatoms. The Balaban J connectivity index is 1.68. The van der Waals surface area contributed by atoms with Crippen LogP contribution in [0.5, 0.6) is 0 Å². The molecular weight excluding hydrogens is 396 g/mol. The Morgan fingerprint density at radius 2 is 1.60 bits per heavy atom. The standard InChI is InChI=1S/C23H26N4O2S/c1-26-13-15-27(16-14-26)23-24-20-11-5-4-10-19(20)22(25-23)30(28,29)21-12-6-8-17-7-2-3-9-18(17)21/h2-3,6-9,12H,4-5,10-11,13-16H2,1H3. The van der Waals surface area contributed by atoms with Crippen LogP contribution in [-0.2, 0) is 22.7 Å². The first-order chi connectivity index (χ1) is 14.5. The Kier molecular flexibility index (Phi) is 4.95. The number of hydrogen-bond acceptors (Lipinski definition) is 6. The number of fused-ring (bicyclic) bond motifs is 2. The van der Waals surface area contributed by atoms with Crippen molar-refractivity contribution in [2.24, 2.45) is 0 Å². The molecule has 0 bridgehead atoms. The van der Waals surface area contributed by atoms with Crippen LogP contribution < -0.4 is 4.90 Å². The van der Waals surface area contributed by atoms with Crippen molar-refractivity contribution in [3.63, 3.8) is 0 Å². The summed E-state index contributed by atoms with van der Waals surface area (Å²) < 4.78 is 27.8. The van der Waals surface area contributed by atoms with E-state index in [1.54, 1.807) is 6.07 Å². The van der Waals surface area contributed by atoms with E-state index in [-0.39, 0.29) is 5.03 Å². The molecule has 1 aliphatic carbocycles. The highest BCUT2D eigenvalue weighted by atomic mass is 32.2. The van der Waals surface area contributed by atoms with E-state index in [1.165, 1.54) is 0 Å². The van der Waals surface area contributed by atoms with Crippen molar-refractivity contribution in [3.8, 4) is 0 Å². The van der Waals surface area contributed by atoms with Gasteiger partial charge in [0.05, 0.1) is 10.6 Å². The number of aryl methyl sites for hydroxylation is 1. The van der Waals surface area contributed by atoms with Gasteiger partial charge in [-0.1, -0.05) is 36.4 Å².